The van der Waals surface area contributed by atoms with E-state index in [9.17, 15) is 14.7 Å². The van der Waals surface area contributed by atoms with E-state index < -0.39 is 17.7 Å². The molecule has 2 aromatic carbocycles. The monoisotopic (exact) mass is 478 g/mol. The van der Waals surface area contributed by atoms with Gasteiger partial charge in [0, 0.05) is 18.7 Å². The van der Waals surface area contributed by atoms with Crippen molar-refractivity contribution in [3.63, 3.8) is 0 Å². The summed E-state index contributed by atoms with van der Waals surface area (Å²) in [5.41, 5.74) is 3.39. The Labute approximate surface area is 209 Å². The van der Waals surface area contributed by atoms with Gasteiger partial charge in [0.2, 0.25) is 0 Å². The standard InChI is InChI=1S/C29H38N2O4/c1-8-30(9-2)16-17-31-25(20-10-13-22(14-11-20)29(4,5)6)24(27(33)28(31)34)26(32)21-12-15-23(35-7)19(3)18-21/h10-15,18,25,32H,8-9,16-17H2,1-7H3/t25-/m0/s1. The lowest BCUT2D eigenvalue weighted by Crippen LogP contribution is -2.38. The van der Waals surface area contributed by atoms with Gasteiger partial charge in [-0.3, -0.25) is 9.59 Å². The Morgan fingerprint density at radius 2 is 1.69 bits per heavy atom. The van der Waals surface area contributed by atoms with Gasteiger partial charge in [-0.1, -0.05) is 58.9 Å². The lowest BCUT2D eigenvalue weighted by Gasteiger charge is -2.28. The molecular formula is C29H38N2O4. The molecule has 0 unspecified atom stereocenters. The summed E-state index contributed by atoms with van der Waals surface area (Å²) in [7, 11) is 1.59. The number of aryl methyl sites for hydroxylation is 1. The van der Waals surface area contributed by atoms with Gasteiger partial charge in [0.1, 0.15) is 11.5 Å². The molecule has 6 nitrogen and oxygen atoms in total. The number of amides is 1. The van der Waals surface area contributed by atoms with Crippen molar-refractivity contribution in [1.82, 2.24) is 9.80 Å². The third-order valence-corrected chi connectivity index (χ3v) is 6.85. The Morgan fingerprint density at radius 3 is 2.20 bits per heavy atom. The van der Waals surface area contributed by atoms with Crippen LogP contribution in [0, 0.1) is 6.92 Å². The summed E-state index contributed by atoms with van der Waals surface area (Å²) >= 11 is 0. The van der Waals surface area contributed by atoms with E-state index in [0.717, 1.165) is 29.8 Å². The summed E-state index contributed by atoms with van der Waals surface area (Å²) in [4.78, 5) is 30.3. The average molecular weight is 479 g/mol. The number of nitrogens with zero attached hydrogens (tertiary/aromatic N) is 2. The first-order chi connectivity index (χ1) is 16.5. The SMILES string of the molecule is CCN(CC)CCN1C(=O)C(=O)C(=C(O)c2ccc(OC)c(C)c2)[C@@H]1c1ccc(C(C)(C)C)cc1. The molecule has 35 heavy (non-hydrogen) atoms. The Morgan fingerprint density at radius 1 is 1.06 bits per heavy atom. The second kappa shape index (κ2) is 10.6. The van der Waals surface area contributed by atoms with Crippen LogP contribution >= 0.6 is 0 Å². The molecule has 0 bridgehead atoms. The van der Waals surface area contributed by atoms with Gasteiger partial charge in [-0.2, -0.15) is 0 Å². The van der Waals surface area contributed by atoms with Crippen molar-refractivity contribution in [2.45, 2.75) is 53.0 Å². The molecule has 1 atom stereocenters. The van der Waals surface area contributed by atoms with Crippen LogP contribution in [0.5, 0.6) is 5.75 Å². The van der Waals surface area contributed by atoms with Crippen LogP contribution in [0.15, 0.2) is 48.0 Å². The molecule has 1 aliphatic heterocycles. The van der Waals surface area contributed by atoms with E-state index in [0.29, 0.717) is 24.4 Å². The molecule has 0 radical (unpaired) electrons. The summed E-state index contributed by atoms with van der Waals surface area (Å²) in [6.07, 6.45) is 0. The predicted molar refractivity (Wildman–Crippen MR) is 140 cm³/mol. The molecule has 0 aromatic heterocycles. The molecular weight excluding hydrogens is 440 g/mol. The first-order valence-corrected chi connectivity index (χ1v) is 12.3. The lowest BCUT2D eigenvalue weighted by molar-refractivity contribution is -0.140. The molecule has 6 heteroatoms. The minimum absolute atomic E-state index is 0.0241. The molecule has 1 saturated heterocycles. The number of hydrogen-bond donors (Lipinski definition) is 1. The van der Waals surface area contributed by atoms with Gasteiger partial charge in [-0.15, -0.1) is 0 Å². The molecule has 0 saturated carbocycles. The normalized spacial score (nSPS) is 17.9. The van der Waals surface area contributed by atoms with E-state index in [1.54, 1.807) is 30.2 Å². The molecule has 2 aromatic rings. The van der Waals surface area contributed by atoms with Gasteiger partial charge in [0.15, 0.2) is 0 Å². The number of carbonyl (C=O) groups excluding carboxylic acids is 2. The van der Waals surface area contributed by atoms with Gasteiger partial charge < -0.3 is 19.6 Å². The third kappa shape index (κ3) is 5.43. The number of carbonyl (C=O) groups is 2. The molecule has 0 aliphatic carbocycles. The van der Waals surface area contributed by atoms with E-state index in [2.05, 4.69) is 39.5 Å². The van der Waals surface area contributed by atoms with Crippen LogP contribution in [-0.2, 0) is 15.0 Å². The van der Waals surface area contributed by atoms with E-state index in [1.165, 1.54) is 0 Å². The van der Waals surface area contributed by atoms with Crippen molar-refractivity contribution in [3.8, 4) is 5.75 Å². The Hall–Kier alpha value is -3.12. The number of ketones is 1. The number of benzene rings is 2. The van der Waals surface area contributed by atoms with E-state index in [1.807, 2.05) is 31.2 Å². The number of rotatable bonds is 8. The topological polar surface area (TPSA) is 70.1 Å². The van der Waals surface area contributed by atoms with Crippen LogP contribution in [0.4, 0.5) is 0 Å². The molecule has 1 N–H and O–H groups in total. The fourth-order valence-corrected chi connectivity index (χ4v) is 4.59. The zero-order valence-electron chi connectivity index (χ0n) is 22.0. The van der Waals surface area contributed by atoms with Crippen molar-refractivity contribution in [1.29, 1.82) is 0 Å². The van der Waals surface area contributed by atoms with Gasteiger partial charge >= 0.3 is 0 Å². The van der Waals surface area contributed by atoms with Crippen molar-refractivity contribution in [3.05, 3.63) is 70.3 Å². The van der Waals surface area contributed by atoms with Crippen LogP contribution in [0.2, 0.25) is 0 Å². The van der Waals surface area contributed by atoms with Crippen molar-refractivity contribution in [2.75, 3.05) is 33.3 Å². The van der Waals surface area contributed by atoms with Gasteiger partial charge in [0.05, 0.1) is 18.7 Å². The number of likely N-dealkylation sites (N-methyl/N-ethyl adjacent to an activating group) is 1. The molecule has 1 aliphatic rings. The minimum atomic E-state index is -0.652. The number of hydrogen-bond acceptors (Lipinski definition) is 5. The first-order valence-electron chi connectivity index (χ1n) is 12.3. The quantitative estimate of drug-likeness (QED) is 0.326. The van der Waals surface area contributed by atoms with Gasteiger partial charge in [0.25, 0.3) is 11.7 Å². The third-order valence-electron chi connectivity index (χ3n) is 6.85. The second-order valence-electron chi connectivity index (χ2n) is 10.1. The van der Waals surface area contributed by atoms with Crippen molar-refractivity contribution >= 4 is 17.4 Å². The van der Waals surface area contributed by atoms with Crippen LogP contribution in [0.3, 0.4) is 0 Å². The molecule has 188 valence electrons. The van der Waals surface area contributed by atoms with Gasteiger partial charge in [-0.05, 0) is 60.3 Å². The predicted octanol–water partition coefficient (Wildman–Crippen LogP) is 5.06. The highest BCUT2D eigenvalue weighted by atomic mass is 16.5. The van der Waals surface area contributed by atoms with Crippen molar-refractivity contribution in [2.24, 2.45) is 0 Å². The van der Waals surface area contributed by atoms with Crippen molar-refractivity contribution < 1.29 is 19.4 Å². The highest BCUT2D eigenvalue weighted by Crippen LogP contribution is 2.40. The smallest absolute Gasteiger partial charge is 0.295 e. The maximum absolute atomic E-state index is 13.3. The zero-order chi connectivity index (χ0) is 25.9. The first kappa shape index (κ1) is 26.5. The molecule has 1 amide bonds. The molecule has 1 heterocycles. The number of aliphatic hydroxyl groups is 1. The van der Waals surface area contributed by atoms with Crippen LogP contribution in [-0.4, -0.2) is 59.9 Å². The largest absolute Gasteiger partial charge is 0.507 e. The number of Topliss-reactive ketones (excluding diaryl/α,β-unsaturated/α-hetero) is 1. The Balaban J connectivity index is 2.13. The summed E-state index contributed by atoms with van der Waals surface area (Å²) in [6, 6.07) is 12.6. The van der Waals surface area contributed by atoms with E-state index >= 15 is 0 Å². The number of methoxy groups -OCH3 is 1. The summed E-state index contributed by atoms with van der Waals surface area (Å²) in [5.74, 6) is -0.700. The average Bonchev–Trinajstić information content (AvgIpc) is 3.08. The maximum Gasteiger partial charge on any atom is 0.295 e. The van der Waals surface area contributed by atoms with Crippen LogP contribution < -0.4 is 4.74 Å². The molecule has 3 rings (SSSR count). The van der Waals surface area contributed by atoms with Crippen LogP contribution in [0.1, 0.15) is 62.9 Å². The summed E-state index contributed by atoms with van der Waals surface area (Å²) in [6.45, 7) is 15.2. The van der Waals surface area contributed by atoms with E-state index in [-0.39, 0.29) is 16.7 Å². The highest BCUT2D eigenvalue weighted by Gasteiger charge is 2.46. The maximum atomic E-state index is 13.3. The summed E-state index contributed by atoms with van der Waals surface area (Å²) in [5, 5.41) is 11.3. The Kier molecular flexibility index (Phi) is 8.06. The zero-order valence-corrected chi connectivity index (χ0v) is 22.0. The van der Waals surface area contributed by atoms with Crippen LogP contribution in [0.25, 0.3) is 5.76 Å². The fourth-order valence-electron chi connectivity index (χ4n) is 4.59. The molecule has 0 spiro atoms. The Bertz CT molecular complexity index is 1110. The second-order valence-corrected chi connectivity index (χ2v) is 10.1. The fraction of sp³-hybridized carbons (Fsp3) is 0.448. The van der Waals surface area contributed by atoms with E-state index in [4.69, 9.17) is 4.74 Å². The highest BCUT2D eigenvalue weighted by molar-refractivity contribution is 6.46. The minimum Gasteiger partial charge on any atom is -0.507 e. The number of aliphatic hydroxyl groups excluding tert-OH is 1. The number of ether oxygens (including phenoxy) is 1. The summed E-state index contributed by atoms with van der Waals surface area (Å²) < 4.78 is 5.33. The number of likely N-dealkylation sites (tertiary alicyclic amines) is 1. The van der Waals surface area contributed by atoms with Gasteiger partial charge in [-0.25, -0.2) is 0 Å². The lowest BCUT2D eigenvalue weighted by atomic mass is 9.85. The molecule has 1 fully saturated rings.